The number of hydrogen-bond donors (Lipinski definition) is 4. The predicted molar refractivity (Wildman–Crippen MR) is 177 cm³/mol. The number of aliphatic hydroxyl groups excluding tert-OH is 4. The molecule has 7 atom stereocenters. The standard InChI is InChI=1S/C37H68O7/c1-3-4-5-6-7-8-9-10-11-18-23-33(40)35-25-26-36(44-35)34(41)24-19-13-12-15-20-31(38)21-16-14-17-22-32(39)28-30-27-29(2)43-37(30)42/h27,29,31-36,38-41H,3-26,28H2,1-2H3/t29-,31?,32+,33-,34-,35-,36-/m0/s1. The van der Waals surface area contributed by atoms with Crippen LogP contribution in [0.15, 0.2) is 11.6 Å². The molecule has 0 aromatic rings. The van der Waals surface area contributed by atoms with Crippen molar-refractivity contribution in [2.24, 2.45) is 0 Å². The van der Waals surface area contributed by atoms with E-state index in [4.69, 9.17) is 9.47 Å². The maximum Gasteiger partial charge on any atom is 0.334 e. The number of aliphatic hydroxyl groups is 4. The predicted octanol–water partition coefficient (Wildman–Crippen LogP) is 7.84. The van der Waals surface area contributed by atoms with E-state index in [2.05, 4.69) is 6.92 Å². The summed E-state index contributed by atoms with van der Waals surface area (Å²) in [6, 6.07) is 0. The Morgan fingerprint density at radius 2 is 1.05 bits per heavy atom. The number of carbonyl (C=O) groups is 1. The molecule has 258 valence electrons. The van der Waals surface area contributed by atoms with Gasteiger partial charge in [0, 0.05) is 12.0 Å². The Kier molecular flexibility index (Phi) is 21.6. The molecule has 2 aliphatic heterocycles. The SMILES string of the molecule is CCCCCCCCCCCC[C@H](O)[C@@H]1CC[C@@H]([C@@H](O)CCCCCCC(O)CCCCC[C@@H](O)CC2=C[C@H](C)OC2=O)O1. The van der Waals surface area contributed by atoms with Gasteiger partial charge in [-0.3, -0.25) is 0 Å². The summed E-state index contributed by atoms with van der Waals surface area (Å²) in [5.74, 6) is -0.308. The lowest BCUT2D eigenvalue weighted by Gasteiger charge is -2.22. The second kappa shape index (κ2) is 24.2. The molecule has 7 nitrogen and oxygen atoms in total. The molecule has 1 unspecified atom stereocenters. The fraction of sp³-hybridized carbons (Fsp3) is 0.919. The van der Waals surface area contributed by atoms with Gasteiger partial charge in [-0.1, -0.05) is 116 Å². The van der Waals surface area contributed by atoms with Crippen molar-refractivity contribution in [1.29, 1.82) is 0 Å². The molecule has 0 radical (unpaired) electrons. The first-order valence-corrected chi connectivity index (χ1v) is 18.6. The van der Waals surface area contributed by atoms with Gasteiger partial charge >= 0.3 is 5.97 Å². The highest BCUT2D eigenvalue weighted by molar-refractivity contribution is 5.90. The zero-order valence-corrected chi connectivity index (χ0v) is 28.3. The molecule has 0 aromatic heterocycles. The van der Waals surface area contributed by atoms with Crippen molar-refractivity contribution >= 4 is 5.97 Å². The van der Waals surface area contributed by atoms with Crippen molar-refractivity contribution < 1.29 is 34.7 Å². The van der Waals surface area contributed by atoms with Crippen LogP contribution < -0.4 is 0 Å². The van der Waals surface area contributed by atoms with Gasteiger partial charge in [0.2, 0.25) is 0 Å². The Morgan fingerprint density at radius 1 is 0.636 bits per heavy atom. The van der Waals surface area contributed by atoms with Gasteiger partial charge in [-0.05, 0) is 57.9 Å². The fourth-order valence-electron chi connectivity index (χ4n) is 6.77. The van der Waals surface area contributed by atoms with E-state index < -0.39 is 18.3 Å². The number of rotatable bonds is 28. The highest BCUT2D eigenvalue weighted by atomic mass is 16.5. The molecule has 0 bridgehead atoms. The topological polar surface area (TPSA) is 116 Å². The summed E-state index contributed by atoms with van der Waals surface area (Å²) in [5, 5.41) is 41.7. The minimum absolute atomic E-state index is 0.126. The lowest BCUT2D eigenvalue weighted by molar-refractivity contribution is -0.139. The number of ether oxygens (including phenoxy) is 2. The molecule has 0 amide bonds. The number of carbonyl (C=O) groups excluding carboxylic acids is 1. The van der Waals surface area contributed by atoms with Gasteiger partial charge in [-0.25, -0.2) is 4.79 Å². The number of unbranched alkanes of at least 4 members (excludes halogenated alkanes) is 14. The van der Waals surface area contributed by atoms with Crippen LogP contribution in [0.1, 0.15) is 174 Å². The van der Waals surface area contributed by atoms with E-state index in [-0.39, 0.29) is 30.4 Å². The van der Waals surface area contributed by atoms with Crippen LogP contribution in [-0.2, 0) is 14.3 Å². The third kappa shape index (κ3) is 17.6. The fourth-order valence-corrected chi connectivity index (χ4v) is 6.77. The summed E-state index contributed by atoms with van der Waals surface area (Å²) in [6.07, 6.45) is 25.3. The minimum Gasteiger partial charge on any atom is -0.455 e. The van der Waals surface area contributed by atoms with E-state index in [1.807, 2.05) is 6.92 Å². The van der Waals surface area contributed by atoms with Crippen LogP contribution in [0.2, 0.25) is 0 Å². The van der Waals surface area contributed by atoms with Gasteiger partial charge < -0.3 is 29.9 Å². The van der Waals surface area contributed by atoms with Crippen molar-refractivity contribution in [3.8, 4) is 0 Å². The van der Waals surface area contributed by atoms with Gasteiger partial charge in [-0.2, -0.15) is 0 Å². The summed E-state index contributed by atoms with van der Waals surface area (Å²) >= 11 is 0. The second-order valence-electron chi connectivity index (χ2n) is 13.8. The normalized spacial score (nSPS) is 23.0. The zero-order valence-electron chi connectivity index (χ0n) is 28.3. The first-order chi connectivity index (χ1) is 21.3. The van der Waals surface area contributed by atoms with Crippen LogP contribution >= 0.6 is 0 Å². The smallest absolute Gasteiger partial charge is 0.334 e. The van der Waals surface area contributed by atoms with E-state index in [1.54, 1.807) is 6.08 Å². The van der Waals surface area contributed by atoms with Crippen LogP contribution in [0.3, 0.4) is 0 Å². The molecule has 2 heterocycles. The van der Waals surface area contributed by atoms with E-state index >= 15 is 0 Å². The van der Waals surface area contributed by atoms with Crippen LogP contribution in [0.25, 0.3) is 0 Å². The molecular weight excluding hydrogens is 556 g/mol. The van der Waals surface area contributed by atoms with Crippen LogP contribution in [0.5, 0.6) is 0 Å². The molecule has 7 heteroatoms. The van der Waals surface area contributed by atoms with Gasteiger partial charge in [0.1, 0.15) is 6.10 Å². The van der Waals surface area contributed by atoms with Crippen molar-refractivity contribution in [3.05, 3.63) is 11.6 Å². The molecular formula is C37H68O7. The third-order valence-corrected chi connectivity index (χ3v) is 9.61. The first kappa shape index (κ1) is 39.2. The molecule has 0 spiro atoms. The van der Waals surface area contributed by atoms with E-state index in [1.165, 1.54) is 57.8 Å². The van der Waals surface area contributed by atoms with Crippen LogP contribution in [0.4, 0.5) is 0 Å². The molecule has 1 saturated heterocycles. The highest BCUT2D eigenvalue weighted by Crippen LogP contribution is 2.28. The molecule has 0 saturated carbocycles. The summed E-state index contributed by atoms with van der Waals surface area (Å²) in [6.45, 7) is 4.08. The Balaban J connectivity index is 1.38. The summed E-state index contributed by atoms with van der Waals surface area (Å²) in [4.78, 5) is 11.7. The minimum atomic E-state index is -0.519. The van der Waals surface area contributed by atoms with Crippen molar-refractivity contribution in [1.82, 2.24) is 0 Å². The molecule has 2 aliphatic rings. The maximum absolute atomic E-state index is 11.7. The Morgan fingerprint density at radius 3 is 1.50 bits per heavy atom. The summed E-state index contributed by atoms with van der Waals surface area (Å²) in [5.41, 5.74) is 0.584. The Labute approximate surface area is 269 Å². The van der Waals surface area contributed by atoms with Crippen molar-refractivity contribution in [3.63, 3.8) is 0 Å². The first-order valence-electron chi connectivity index (χ1n) is 18.6. The van der Waals surface area contributed by atoms with Gasteiger partial charge in [0.05, 0.1) is 36.6 Å². The van der Waals surface area contributed by atoms with E-state index in [0.29, 0.717) is 18.4 Å². The van der Waals surface area contributed by atoms with Crippen molar-refractivity contribution in [2.75, 3.05) is 0 Å². The maximum atomic E-state index is 11.7. The number of hydrogen-bond acceptors (Lipinski definition) is 7. The lowest BCUT2D eigenvalue weighted by atomic mass is 9.99. The van der Waals surface area contributed by atoms with Gasteiger partial charge in [0.25, 0.3) is 0 Å². The van der Waals surface area contributed by atoms with Gasteiger partial charge in [0.15, 0.2) is 0 Å². The van der Waals surface area contributed by atoms with E-state index in [9.17, 15) is 25.2 Å². The average Bonchev–Trinajstić information content (AvgIpc) is 3.61. The zero-order chi connectivity index (χ0) is 32.0. The van der Waals surface area contributed by atoms with Gasteiger partial charge in [-0.15, -0.1) is 0 Å². The number of cyclic esters (lactones) is 1. The molecule has 44 heavy (non-hydrogen) atoms. The molecule has 0 aromatic carbocycles. The average molecular weight is 625 g/mol. The van der Waals surface area contributed by atoms with Crippen LogP contribution in [0, 0.1) is 0 Å². The monoisotopic (exact) mass is 624 g/mol. The van der Waals surface area contributed by atoms with Crippen molar-refractivity contribution in [2.45, 2.75) is 217 Å². The Bertz CT molecular complexity index is 756. The molecule has 2 rings (SSSR count). The summed E-state index contributed by atoms with van der Waals surface area (Å²) in [7, 11) is 0. The van der Waals surface area contributed by atoms with E-state index in [0.717, 1.165) is 89.9 Å². The van der Waals surface area contributed by atoms with Crippen LogP contribution in [-0.4, -0.2) is 69.1 Å². The number of esters is 1. The Hall–Kier alpha value is -0.990. The molecule has 1 fully saturated rings. The highest BCUT2D eigenvalue weighted by Gasteiger charge is 2.34. The largest absolute Gasteiger partial charge is 0.455 e. The lowest BCUT2D eigenvalue weighted by Crippen LogP contribution is -2.31. The second-order valence-corrected chi connectivity index (χ2v) is 13.8. The quantitative estimate of drug-likeness (QED) is 0.0518. The molecule has 4 N–H and O–H groups in total. The molecule has 0 aliphatic carbocycles. The third-order valence-electron chi connectivity index (χ3n) is 9.61. The summed E-state index contributed by atoms with van der Waals surface area (Å²) < 4.78 is 11.1.